The molecule has 0 fully saturated rings. The molecule has 2 N–H and O–H groups in total. The van der Waals surface area contributed by atoms with Crippen LogP contribution in [0.5, 0.6) is 0 Å². The minimum absolute atomic E-state index is 0.220. The van der Waals surface area contributed by atoms with Crippen molar-refractivity contribution in [3.05, 3.63) is 52.0 Å². The van der Waals surface area contributed by atoms with Crippen LogP contribution in [-0.2, 0) is 18.4 Å². The van der Waals surface area contributed by atoms with Crippen LogP contribution in [0.4, 0.5) is 0 Å². The molecule has 3 heteroatoms. The van der Waals surface area contributed by atoms with Gasteiger partial charge < -0.3 is 5.73 Å². The highest BCUT2D eigenvalue weighted by Gasteiger charge is 2.33. The number of benzene rings is 1. The van der Waals surface area contributed by atoms with E-state index in [2.05, 4.69) is 29.2 Å². The Balaban J connectivity index is 1.98. The van der Waals surface area contributed by atoms with Gasteiger partial charge in [-0.1, -0.05) is 30.3 Å². The molecule has 0 bridgehead atoms. The smallest absolute Gasteiger partial charge is 0.0797 e. The summed E-state index contributed by atoms with van der Waals surface area (Å²) >= 11 is 1.75. The maximum absolute atomic E-state index is 6.52. The Hall–Kier alpha value is -1.19. The molecule has 0 spiro atoms. The first kappa shape index (κ1) is 10.00. The summed E-state index contributed by atoms with van der Waals surface area (Å²) in [5.74, 6) is 0. The molecule has 1 atom stereocenters. The summed E-state index contributed by atoms with van der Waals surface area (Å²) in [6, 6.07) is 10.4. The van der Waals surface area contributed by atoms with Gasteiger partial charge in [0, 0.05) is 16.8 Å². The highest BCUT2D eigenvalue weighted by molar-refractivity contribution is 7.09. The Kier molecular flexibility index (Phi) is 2.30. The molecule has 1 unspecified atom stereocenters. The van der Waals surface area contributed by atoms with Gasteiger partial charge in [-0.3, -0.25) is 0 Å². The lowest BCUT2D eigenvalue weighted by Gasteiger charge is -2.33. The lowest BCUT2D eigenvalue weighted by atomic mass is 9.78. The fraction of sp³-hybridized carbons (Fsp3) is 0.308. The van der Waals surface area contributed by atoms with E-state index in [9.17, 15) is 0 Å². The van der Waals surface area contributed by atoms with Crippen LogP contribution >= 0.6 is 11.3 Å². The van der Waals surface area contributed by atoms with E-state index in [1.807, 2.05) is 11.6 Å². The van der Waals surface area contributed by atoms with E-state index >= 15 is 0 Å². The molecule has 1 aromatic heterocycles. The number of nitrogens with two attached hydrogens (primary N) is 1. The summed E-state index contributed by atoms with van der Waals surface area (Å²) in [5.41, 5.74) is 10.7. The molecule has 1 aromatic carbocycles. The highest BCUT2D eigenvalue weighted by atomic mass is 32.1. The third-order valence-corrected chi connectivity index (χ3v) is 4.29. The minimum Gasteiger partial charge on any atom is -0.321 e. The van der Waals surface area contributed by atoms with Crippen molar-refractivity contribution in [3.8, 4) is 0 Å². The van der Waals surface area contributed by atoms with Crippen molar-refractivity contribution in [2.45, 2.75) is 24.8 Å². The van der Waals surface area contributed by atoms with Crippen molar-refractivity contribution in [1.29, 1.82) is 0 Å². The number of fused-ring (bicyclic) bond motifs is 1. The Morgan fingerprint density at radius 1 is 1.25 bits per heavy atom. The quantitative estimate of drug-likeness (QED) is 0.817. The third-order valence-electron chi connectivity index (χ3n) is 3.36. The summed E-state index contributed by atoms with van der Waals surface area (Å²) < 4.78 is 0. The molecule has 0 radical (unpaired) electrons. The van der Waals surface area contributed by atoms with Crippen LogP contribution < -0.4 is 5.73 Å². The van der Waals surface area contributed by atoms with Crippen molar-refractivity contribution in [1.82, 2.24) is 4.98 Å². The van der Waals surface area contributed by atoms with Gasteiger partial charge >= 0.3 is 0 Å². The second kappa shape index (κ2) is 3.68. The van der Waals surface area contributed by atoms with Gasteiger partial charge in [-0.15, -0.1) is 11.3 Å². The number of aromatic nitrogens is 1. The third kappa shape index (κ3) is 1.56. The largest absolute Gasteiger partial charge is 0.321 e. The van der Waals surface area contributed by atoms with E-state index in [1.54, 1.807) is 11.3 Å². The number of rotatable bonds is 1. The highest BCUT2D eigenvalue weighted by Crippen LogP contribution is 2.35. The molecule has 16 heavy (non-hydrogen) atoms. The summed E-state index contributed by atoms with van der Waals surface area (Å²) in [6.45, 7) is 0. The SMILES string of the molecule is NC1(c2ccccc2)CCc2scnc2C1. The number of thiazole rings is 1. The van der Waals surface area contributed by atoms with E-state index in [0.29, 0.717) is 0 Å². The molecule has 2 aromatic rings. The molecule has 0 saturated heterocycles. The van der Waals surface area contributed by atoms with Gasteiger partial charge in [-0.2, -0.15) is 0 Å². The topological polar surface area (TPSA) is 38.9 Å². The van der Waals surface area contributed by atoms with Gasteiger partial charge in [0.1, 0.15) is 0 Å². The second-order valence-corrected chi connectivity index (χ2v) is 5.36. The summed E-state index contributed by atoms with van der Waals surface area (Å²) in [7, 11) is 0. The molecule has 3 rings (SSSR count). The second-order valence-electron chi connectivity index (χ2n) is 4.42. The number of aryl methyl sites for hydroxylation is 1. The van der Waals surface area contributed by atoms with Gasteiger partial charge in [0.15, 0.2) is 0 Å². The van der Waals surface area contributed by atoms with E-state index in [0.717, 1.165) is 19.3 Å². The fourth-order valence-corrected chi connectivity index (χ4v) is 3.17. The number of hydrogen-bond acceptors (Lipinski definition) is 3. The van der Waals surface area contributed by atoms with Crippen molar-refractivity contribution in [2.24, 2.45) is 5.73 Å². The Labute approximate surface area is 99.1 Å². The Morgan fingerprint density at radius 2 is 2.06 bits per heavy atom. The monoisotopic (exact) mass is 230 g/mol. The Morgan fingerprint density at radius 3 is 2.88 bits per heavy atom. The van der Waals surface area contributed by atoms with Crippen LogP contribution in [0, 0.1) is 0 Å². The molecular weight excluding hydrogens is 216 g/mol. The van der Waals surface area contributed by atoms with Gasteiger partial charge in [-0.25, -0.2) is 4.98 Å². The first-order chi connectivity index (χ1) is 7.78. The van der Waals surface area contributed by atoms with Gasteiger partial charge in [0.05, 0.1) is 11.2 Å². The molecule has 2 nitrogen and oxygen atoms in total. The van der Waals surface area contributed by atoms with Crippen LogP contribution in [0.25, 0.3) is 0 Å². The van der Waals surface area contributed by atoms with Crippen LogP contribution in [0.1, 0.15) is 22.6 Å². The molecule has 0 amide bonds. The average Bonchev–Trinajstić information content (AvgIpc) is 2.77. The molecule has 1 heterocycles. The molecule has 82 valence electrons. The lowest BCUT2D eigenvalue weighted by molar-refractivity contribution is 0.383. The summed E-state index contributed by atoms with van der Waals surface area (Å²) in [4.78, 5) is 5.83. The Bertz CT molecular complexity index is 492. The number of nitrogens with zero attached hydrogens (tertiary/aromatic N) is 1. The zero-order chi connectivity index (χ0) is 11.0. The van der Waals surface area contributed by atoms with Crippen molar-refractivity contribution in [3.63, 3.8) is 0 Å². The fourth-order valence-electron chi connectivity index (χ4n) is 2.38. The standard InChI is InChI=1S/C13H14N2S/c14-13(10-4-2-1-3-5-10)7-6-12-11(8-13)15-9-16-12/h1-5,9H,6-8,14H2. The minimum atomic E-state index is -0.220. The predicted molar refractivity (Wildman–Crippen MR) is 66.4 cm³/mol. The van der Waals surface area contributed by atoms with Crippen LogP contribution in [0.2, 0.25) is 0 Å². The molecule has 1 aliphatic rings. The zero-order valence-corrected chi connectivity index (χ0v) is 9.83. The summed E-state index contributed by atoms with van der Waals surface area (Å²) in [5, 5.41) is 0. The first-order valence-electron chi connectivity index (χ1n) is 5.54. The first-order valence-corrected chi connectivity index (χ1v) is 6.41. The van der Waals surface area contributed by atoms with Crippen LogP contribution in [0.3, 0.4) is 0 Å². The average molecular weight is 230 g/mol. The van der Waals surface area contributed by atoms with E-state index in [1.165, 1.54) is 16.1 Å². The van der Waals surface area contributed by atoms with Crippen molar-refractivity contribution in [2.75, 3.05) is 0 Å². The van der Waals surface area contributed by atoms with Crippen molar-refractivity contribution < 1.29 is 0 Å². The van der Waals surface area contributed by atoms with E-state index in [-0.39, 0.29) is 5.54 Å². The maximum atomic E-state index is 6.52. The maximum Gasteiger partial charge on any atom is 0.0797 e. The van der Waals surface area contributed by atoms with Gasteiger partial charge in [0.2, 0.25) is 0 Å². The summed E-state index contributed by atoms with van der Waals surface area (Å²) in [6.07, 6.45) is 2.95. The molecule has 0 aliphatic heterocycles. The van der Waals surface area contributed by atoms with E-state index in [4.69, 9.17) is 5.73 Å². The number of hydrogen-bond donors (Lipinski definition) is 1. The van der Waals surface area contributed by atoms with Gasteiger partial charge in [-0.05, 0) is 18.4 Å². The molecule has 0 saturated carbocycles. The normalized spacial score (nSPS) is 24.1. The van der Waals surface area contributed by atoms with Crippen LogP contribution in [-0.4, -0.2) is 4.98 Å². The van der Waals surface area contributed by atoms with Crippen molar-refractivity contribution >= 4 is 11.3 Å². The van der Waals surface area contributed by atoms with E-state index < -0.39 is 0 Å². The molecule has 1 aliphatic carbocycles. The zero-order valence-electron chi connectivity index (χ0n) is 9.02. The molecular formula is C13H14N2S. The van der Waals surface area contributed by atoms with Crippen LogP contribution in [0.15, 0.2) is 35.8 Å². The lowest BCUT2D eigenvalue weighted by Crippen LogP contribution is -2.42. The predicted octanol–water partition coefficient (Wildman–Crippen LogP) is 2.49. The van der Waals surface area contributed by atoms with Gasteiger partial charge in [0.25, 0.3) is 0 Å².